The van der Waals surface area contributed by atoms with Crippen LogP contribution in [-0.2, 0) is 31.8 Å². The standard InChI is InChI=1S/C25H21N5O5/c31-24(32)20-18-19(35-25(34-18)10-14-6-4-5-7-15(14)11-25)23(33-20)30-13-28-17-21(26-12-27-22(17)30)29-16-8-2-1-3-9-16/h1-9,12-13,18-20,23H,10-11H2,(H,31,32)(H,26,27,29)/t18?,19?,20-,23+/m0/s1. The number of aromatic nitrogens is 4. The summed E-state index contributed by atoms with van der Waals surface area (Å²) in [6, 6.07) is 17.7. The SMILES string of the molecule is O=C(O)[C@H]1O[C@@H](n2cnc3c(Nc4ccccc4)ncnc32)C2OC3(Cc4ccccc4C3)OC21. The molecule has 0 amide bonds. The van der Waals surface area contributed by atoms with Gasteiger partial charge in [-0.2, -0.15) is 0 Å². The van der Waals surface area contributed by atoms with E-state index in [4.69, 9.17) is 14.2 Å². The molecule has 2 N–H and O–H groups in total. The van der Waals surface area contributed by atoms with Gasteiger partial charge in [-0.25, -0.2) is 19.7 Å². The summed E-state index contributed by atoms with van der Waals surface area (Å²) in [5.41, 5.74) is 4.20. The summed E-state index contributed by atoms with van der Waals surface area (Å²) in [7, 11) is 0. The fourth-order valence-corrected chi connectivity index (χ4v) is 5.34. The Balaban J connectivity index is 1.24. The third kappa shape index (κ3) is 3.22. The number of para-hydroxylation sites is 1. The highest BCUT2D eigenvalue weighted by Crippen LogP contribution is 2.48. The molecule has 35 heavy (non-hydrogen) atoms. The van der Waals surface area contributed by atoms with Crippen LogP contribution in [0.5, 0.6) is 0 Å². The van der Waals surface area contributed by atoms with Crippen molar-refractivity contribution in [2.75, 3.05) is 5.32 Å². The summed E-state index contributed by atoms with van der Waals surface area (Å²) in [5.74, 6) is -1.46. The van der Waals surface area contributed by atoms with Crippen molar-refractivity contribution in [1.29, 1.82) is 0 Å². The van der Waals surface area contributed by atoms with Crippen molar-refractivity contribution in [2.45, 2.75) is 43.2 Å². The zero-order valence-electron chi connectivity index (χ0n) is 18.4. The lowest BCUT2D eigenvalue weighted by molar-refractivity contribution is -0.214. The van der Waals surface area contributed by atoms with Crippen LogP contribution in [0.15, 0.2) is 67.3 Å². The number of nitrogens with zero attached hydrogens (tertiary/aromatic N) is 4. The lowest BCUT2D eigenvalue weighted by Crippen LogP contribution is -2.38. The van der Waals surface area contributed by atoms with Crippen LogP contribution in [0.2, 0.25) is 0 Å². The first kappa shape index (κ1) is 20.5. The van der Waals surface area contributed by atoms with Crippen molar-refractivity contribution in [3.05, 3.63) is 78.4 Å². The van der Waals surface area contributed by atoms with E-state index in [1.807, 2.05) is 42.5 Å². The maximum atomic E-state index is 12.1. The van der Waals surface area contributed by atoms with E-state index in [1.165, 1.54) is 6.33 Å². The summed E-state index contributed by atoms with van der Waals surface area (Å²) >= 11 is 0. The zero-order valence-corrected chi connectivity index (χ0v) is 18.4. The maximum Gasteiger partial charge on any atom is 0.335 e. The molecule has 2 unspecified atom stereocenters. The molecule has 0 bridgehead atoms. The number of nitrogens with one attached hydrogen (secondary N) is 1. The number of rotatable bonds is 4. The van der Waals surface area contributed by atoms with Gasteiger partial charge in [-0.3, -0.25) is 4.57 Å². The monoisotopic (exact) mass is 471 g/mol. The van der Waals surface area contributed by atoms with Gasteiger partial charge in [-0.15, -0.1) is 0 Å². The number of carbonyl (C=O) groups is 1. The number of imidazole rings is 1. The molecule has 1 spiro atoms. The van der Waals surface area contributed by atoms with Crippen LogP contribution >= 0.6 is 0 Å². The second-order valence-electron chi connectivity index (χ2n) is 9.02. The summed E-state index contributed by atoms with van der Waals surface area (Å²) < 4.78 is 20.5. The van der Waals surface area contributed by atoms with Crippen molar-refractivity contribution in [3.8, 4) is 0 Å². The Morgan fingerprint density at radius 3 is 2.43 bits per heavy atom. The number of hydrogen-bond acceptors (Lipinski definition) is 8. The Labute approximate surface area is 199 Å². The van der Waals surface area contributed by atoms with Gasteiger partial charge in [0.25, 0.3) is 0 Å². The van der Waals surface area contributed by atoms with Crippen LogP contribution in [0, 0.1) is 0 Å². The van der Waals surface area contributed by atoms with Crippen LogP contribution in [0.3, 0.4) is 0 Å². The Morgan fingerprint density at radius 2 is 1.69 bits per heavy atom. The van der Waals surface area contributed by atoms with E-state index in [9.17, 15) is 9.90 Å². The molecule has 10 heteroatoms. The van der Waals surface area contributed by atoms with Gasteiger partial charge in [-0.05, 0) is 23.3 Å². The van der Waals surface area contributed by atoms with E-state index < -0.39 is 36.3 Å². The fraction of sp³-hybridized carbons (Fsp3) is 0.280. The summed E-state index contributed by atoms with van der Waals surface area (Å²) in [6.45, 7) is 0. The van der Waals surface area contributed by atoms with Gasteiger partial charge >= 0.3 is 5.97 Å². The quantitative estimate of drug-likeness (QED) is 0.463. The first-order valence-corrected chi connectivity index (χ1v) is 11.4. The van der Waals surface area contributed by atoms with Gasteiger partial charge in [0.1, 0.15) is 18.5 Å². The number of hydrogen-bond donors (Lipinski definition) is 2. The average Bonchev–Trinajstić information content (AvgIpc) is 3.61. The largest absolute Gasteiger partial charge is 0.479 e. The van der Waals surface area contributed by atoms with Crippen molar-refractivity contribution < 1.29 is 24.1 Å². The molecule has 1 aliphatic carbocycles. The van der Waals surface area contributed by atoms with Gasteiger partial charge in [0.15, 0.2) is 35.1 Å². The first-order chi connectivity index (χ1) is 17.1. The lowest BCUT2D eigenvalue weighted by Gasteiger charge is -2.26. The normalized spacial score (nSPS) is 26.2. The third-order valence-corrected chi connectivity index (χ3v) is 6.84. The van der Waals surface area contributed by atoms with Crippen molar-refractivity contribution in [3.63, 3.8) is 0 Å². The smallest absolute Gasteiger partial charge is 0.335 e. The molecule has 7 rings (SSSR count). The summed E-state index contributed by atoms with van der Waals surface area (Å²) in [5, 5.41) is 13.1. The molecule has 2 aliphatic heterocycles. The minimum Gasteiger partial charge on any atom is -0.479 e. The second-order valence-corrected chi connectivity index (χ2v) is 9.02. The van der Waals surface area contributed by atoms with E-state index in [0.717, 1.165) is 16.8 Å². The Hall–Kier alpha value is -3.86. The lowest BCUT2D eigenvalue weighted by atomic mass is 10.1. The minimum atomic E-state index is -1.17. The topological polar surface area (TPSA) is 121 Å². The molecule has 2 aromatic carbocycles. The second kappa shape index (κ2) is 7.57. The predicted octanol–water partition coefficient (Wildman–Crippen LogP) is 2.83. The van der Waals surface area contributed by atoms with Crippen LogP contribution in [0.4, 0.5) is 11.5 Å². The molecule has 4 aromatic rings. The molecule has 3 aliphatic rings. The minimum absolute atomic E-state index is 0.507. The zero-order chi connectivity index (χ0) is 23.6. The number of carboxylic acids is 1. The molecule has 4 atom stereocenters. The van der Waals surface area contributed by atoms with Crippen molar-refractivity contribution >= 4 is 28.6 Å². The number of fused-ring (bicyclic) bond motifs is 3. The molecular formula is C25H21N5O5. The summed E-state index contributed by atoms with van der Waals surface area (Å²) in [6.07, 6.45) is 0.813. The Bertz CT molecular complexity index is 1420. The number of benzene rings is 2. The van der Waals surface area contributed by atoms with E-state index >= 15 is 0 Å². The molecule has 2 aromatic heterocycles. The number of aliphatic carboxylic acids is 1. The van der Waals surface area contributed by atoms with E-state index in [1.54, 1.807) is 10.9 Å². The highest BCUT2D eigenvalue weighted by atomic mass is 16.8. The molecular weight excluding hydrogens is 450 g/mol. The average molecular weight is 471 g/mol. The predicted molar refractivity (Wildman–Crippen MR) is 123 cm³/mol. The molecule has 10 nitrogen and oxygen atoms in total. The van der Waals surface area contributed by atoms with Gasteiger partial charge in [-0.1, -0.05) is 42.5 Å². The maximum absolute atomic E-state index is 12.1. The highest BCUT2D eigenvalue weighted by Gasteiger charge is 2.62. The number of ether oxygens (including phenoxy) is 3. The van der Waals surface area contributed by atoms with Crippen LogP contribution < -0.4 is 5.32 Å². The highest BCUT2D eigenvalue weighted by molar-refractivity contribution is 5.85. The first-order valence-electron chi connectivity index (χ1n) is 11.4. The number of carboxylic acid groups (broad SMARTS) is 1. The Morgan fingerprint density at radius 1 is 0.971 bits per heavy atom. The molecule has 2 saturated heterocycles. The molecule has 2 fully saturated rings. The van der Waals surface area contributed by atoms with Gasteiger partial charge in [0.05, 0.1) is 6.33 Å². The van der Waals surface area contributed by atoms with E-state index in [-0.39, 0.29) is 0 Å². The van der Waals surface area contributed by atoms with Crippen LogP contribution in [0.1, 0.15) is 17.4 Å². The third-order valence-electron chi connectivity index (χ3n) is 6.84. The van der Waals surface area contributed by atoms with Crippen LogP contribution in [0.25, 0.3) is 11.2 Å². The van der Waals surface area contributed by atoms with Gasteiger partial charge in [0.2, 0.25) is 0 Å². The molecule has 4 heterocycles. The van der Waals surface area contributed by atoms with E-state index in [2.05, 4.69) is 32.4 Å². The van der Waals surface area contributed by atoms with E-state index in [0.29, 0.717) is 29.8 Å². The Kier molecular flexibility index (Phi) is 4.44. The van der Waals surface area contributed by atoms with Crippen molar-refractivity contribution in [2.24, 2.45) is 0 Å². The fourth-order valence-electron chi connectivity index (χ4n) is 5.34. The van der Waals surface area contributed by atoms with Crippen molar-refractivity contribution in [1.82, 2.24) is 19.5 Å². The summed E-state index contributed by atoms with van der Waals surface area (Å²) in [4.78, 5) is 25.4. The molecule has 0 saturated carbocycles. The number of anilines is 2. The molecule has 0 radical (unpaired) electrons. The van der Waals surface area contributed by atoms with Crippen LogP contribution in [-0.4, -0.2) is 54.7 Å². The van der Waals surface area contributed by atoms with Gasteiger partial charge in [0, 0.05) is 18.5 Å². The van der Waals surface area contributed by atoms with Gasteiger partial charge < -0.3 is 24.6 Å². The molecule has 176 valence electrons.